The van der Waals surface area contributed by atoms with Gasteiger partial charge in [-0.15, -0.1) is 0 Å². The number of carbonyl (C=O) groups excluding carboxylic acids is 2. The Kier molecular flexibility index (Phi) is 5.94. The quantitative estimate of drug-likeness (QED) is 0.797. The molecule has 2 amide bonds. The van der Waals surface area contributed by atoms with Crippen molar-refractivity contribution in [2.75, 3.05) is 13.1 Å². The third-order valence-electron chi connectivity index (χ3n) is 4.40. The summed E-state index contributed by atoms with van der Waals surface area (Å²) in [5, 5.41) is 0. The highest BCUT2D eigenvalue weighted by Crippen LogP contribution is 2.30. The van der Waals surface area contributed by atoms with E-state index < -0.39 is 11.7 Å². The van der Waals surface area contributed by atoms with Gasteiger partial charge in [0.05, 0.1) is 6.04 Å². The van der Waals surface area contributed by atoms with E-state index in [1.54, 1.807) is 21.9 Å². The van der Waals surface area contributed by atoms with Crippen molar-refractivity contribution in [2.24, 2.45) is 5.92 Å². The SMILES string of the molecule is CC(C)C(=O)N1C[C@@H](c2ccc(F)cc2)N(C(=O)OC(C)(C)C)C[C@H]1C. The maximum Gasteiger partial charge on any atom is 0.410 e. The van der Waals surface area contributed by atoms with Gasteiger partial charge in [0, 0.05) is 25.0 Å². The molecule has 0 aromatic heterocycles. The van der Waals surface area contributed by atoms with Crippen molar-refractivity contribution in [3.8, 4) is 0 Å². The Labute approximate surface area is 155 Å². The van der Waals surface area contributed by atoms with Gasteiger partial charge in [-0.2, -0.15) is 0 Å². The summed E-state index contributed by atoms with van der Waals surface area (Å²) in [6, 6.07) is 5.57. The number of nitrogens with zero attached hydrogens (tertiary/aromatic N) is 2. The van der Waals surface area contributed by atoms with E-state index in [0.717, 1.165) is 5.56 Å². The van der Waals surface area contributed by atoms with Crippen LogP contribution in [0.5, 0.6) is 0 Å². The monoisotopic (exact) mass is 364 g/mol. The lowest BCUT2D eigenvalue weighted by molar-refractivity contribution is -0.140. The highest BCUT2D eigenvalue weighted by Gasteiger charge is 2.39. The lowest BCUT2D eigenvalue weighted by atomic mass is 9.98. The van der Waals surface area contributed by atoms with Gasteiger partial charge in [0.25, 0.3) is 0 Å². The number of piperazine rings is 1. The Balaban J connectivity index is 2.34. The van der Waals surface area contributed by atoms with Crippen LogP contribution >= 0.6 is 0 Å². The third kappa shape index (κ3) is 4.74. The number of hydrogen-bond acceptors (Lipinski definition) is 3. The van der Waals surface area contributed by atoms with E-state index in [-0.39, 0.29) is 29.7 Å². The average molecular weight is 364 g/mol. The maximum atomic E-state index is 13.3. The molecule has 2 rings (SSSR count). The Morgan fingerprint density at radius 2 is 1.69 bits per heavy atom. The predicted molar refractivity (Wildman–Crippen MR) is 98.1 cm³/mol. The van der Waals surface area contributed by atoms with Gasteiger partial charge in [-0.05, 0) is 45.4 Å². The largest absolute Gasteiger partial charge is 0.444 e. The van der Waals surface area contributed by atoms with E-state index in [9.17, 15) is 14.0 Å². The Morgan fingerprint density at radius 1 is 1.12 bits per heavy atom. The Hall–Kier alpha value is -2.11. The van der Waals surface area contributed by atoms with Gasteiger partial charge in [-0.1, -0.05) is 26.0 Å². The fraction of sp³-hybridized carbons (Fsp3) is 0.600. The van der Waals surface area contributed by atoms with E-state index in [4.69, 9.17) is 4.74 Å². The van der Waals surface area contributed by atoms with Gasteiger partial charge in [0.15, 0.2) is 0 Å². The van der Waals surface area contributed by atoms with Gasteiger partial charge in [-0.25, -0.2) is 9.18 Å². The molecule has 1 saturated heterocycles. The molecule has 1 fully saturated rings. The fourth-order valence-corrected chi connectivity index (χ4v) is 3.11. The number of halogens is 1. The molecule has 0 spiro atoms. The Bertz CT molecular complexity index is 652. The standard InChI is InChI=1S/C20H29FN2O3/c1-13(2)18(24)22-12-17(15-7-9-16(21)10-8-15)23(11-14(22)3)19(25)26-20(4,5)6/h7-10,13-14,17H,11-12H2,1-6H3/t14-,17+/m1/s1. The van der Waals surface area contributed by atoms with Crippen LogP contribution in [0.1, 0.15) is 53.1 Å². The summed E-state index contributed by atoms with van der Waals surface area (Å²) in [5.74, 6) is -0.412. The second kappa shape index (κ2) is 7.64. The topological polar surface area (TPSA) is 49.9 Å². The summed E-state index contributed by atoms with van der Waals surface area (Å²) in [7, 11) is 0. The minimum absolute atomic E-state index is 0.0495. The Morgan fingerprint density at radius 3 is 2.19 bits per heavy atom. The number of carbonyl (C=O) groups is 2. The summed E-state index contributed by atoms with van der Waals surface area (Å²) in [6.07, 6.45) is -0.421. The second-order valence-electron chi connectivity index (χ2n) is 8.19. The zero-order valence-electron chi connectivity index (χ0n) is 16.5. The van der Waals surface area contributed by atoms with Gasteiger partial charge < -0.3 is 9.64 Å². The van der Waals surface area contributed by atoms with Crippen LogP contribution in [-0.2, 0) is 9.53 Å². The lowest BCUT2D eigenvalue weighted by Gasteiger charge is -2.46. The van der Waals surface area contributed by atoms with Crippen LogP contribution in [0.25, 0.3) is 0 Å². The number of benzene rings is 1. The smallest absolute Gasteiger partial charge is 0.410 e. The molecule has 0 saturated carbocycles. The van der Waals surface area contributed by atoms with Crippen molar-refractivity contribution in [3.05, 3.63) is 35.6 Å². The molecule has 1 heterocycles. The van der Waals surface area contributed by atoms with Crippen LogP contribution in [-0.4, -0.2) is 46.5 Å². The third-order valence-corrected chi connectivity index (χ3v) is 4.40. The molecule has 0 bridgehead atoms. The summed E-state index contributed by atoms with van der Waals surface area (Å²) in [6.45, 7) is 11.8. The first kappa shape index (κ1) is 20.2. The van der Waals surface area contributed by atoms with Crippen molar-refractivity contribution in [2.45, 2.75) is 59.2 Å². The molecule has 0 aliphatic carbocycles. The molecule has 5 nitrogen and oxygen atoms in total. The first-order valence-corrected chi connectivity index (χ1v) is 9.05. The minimum Gasteiger partial charge on any atom is -0.444 e. The van der Waals surface area contributed by atoms with Gasteiger partial charge in [-0.3, -0.25) is 9.69 Å². The normalized spacial score (nSPS) is 21.1. The summed E-state index contributed by atoms with van der Waals surface area (Å²) >= 11 is 0. The van der Waals surface area contributed by atoms with Crippen LogP contribution in [0.4, 0.5) is 9.18 Å². The zero-order valence-corrected chi connectivity index (χ0v) is 16.5. The number of amides is 2. The van der Waals surface area contributed by atoms with E-state index in [2.05, 4.69) is 0 Å². The molecular formula is C20H29FN2O3. The van der Waals surface area contributed by atoms with E-state index in [1.165, 1.54) is 12.1 Å². The molecular weight excluding hydrogens is 335 g/mol. The number of ether oxygens (including phenoxy) is 1. The van der Waals surface area contributed by atoms with Gasteiger partial charge in [0.1, 0.15) is 11.4 Å². The highest BCUT2D eigenvalue weighted by molar-refractivity contribution is 5.79. The maximum absolute atomic E-state index is 13.3. The molecule has 1 aliphatic rings. The predicted octanol–water partition coefficient (Wildman–Crippen LogP) is 3.99. The number of hydrogen-bond donors (Lipinski definition) is 0. The van der Waals surface area contributed by atoms with Gasteiger partial charge in [0.2, 0.25) is 5.91 Å². The van der Waals surface area contributed by atoms with E-state index in [1.807, 2.05) is 41.5 Å². The van der Waals surface area contributed by atoms with Crippen molar-refractivity contribution in [3.63, 3.8) is 0 Å². The molecule has 26 heavy (non-hydrogen) atoms. The molecule has 0 N–H and O–H groups in total. The first-order chi connectivity index (χ1) is 12.0. The van der Waals surface area contributed by atoms with Gasteiger partial charge >= 0.3 is 6.09 Å². The number of rotatable bonds is 2. The lowest BCUT2D eigenvalue weighted by Crippen LogP contribution is -2.58. The highest BCUT2D eigenvalue weighted by atomic mass is 19.1. The average Bonchev–Trinajstić information content (AvgIpc) is 2.53. The van der Waals surface area contributed by atoms with Crippen LogP contribution in [0.15, 0.2) is 24.3 Å². The molecule has 6 heteroatoms. The first-order valence-electron chi connectivity index (χ1n) is 9.05. The fourth-order valence-electron chi connectivity index (χ4n) is 3.11. The van der Waals surface area contributed by atoms with Crippen LogP contribution in [0.2, 0.25) is 0 Å². The summed E-state index contributed by atoms with van der Waals surface area (Å²) < 4.78 is 18.9. The molecule has 2 atom stereocenters. The summed E-state index contributed by atoms with van der Waals surface area (Å²) in [5.41, 5.74) is 0.171. The van der Waals surface area contributed by atoms with Crippen LogP contribution in [0.3, 0.4) is 0 Å². The van der Waals surface area contributed by atoms with Crippen molar-refractivity contribution < 1.29 is 18.7 Å². The van der Waals surface area contributed by atoms with Crippen LogP contribution < -0.4 is 0 Å². The van der Waals surface area contributed by atoms with Crippen molar-refractivity contribution >= 4 is 12.0 Å². The molecule has 144 valence electrons. The van der Waals surface area contributed by atoms with E-state index >= 15 is 0 Å². The second-order valence-corrected chi connectivity index (χ2v) is 8.19. The molecule has 1 aliphatic heterocycles. The molecule has 1 aromatic rings. The molecule has 0 unspecified atom stereocenters. The minimum atomic E-state index is -0.613. The van der Waals surface area contributed by atoms with Crippen molar-refractivity contribution in [1.29, 1.82) is 0 Å². The molecule has 1 aromatic carbocycles. The van der Waals surface area contributed by atoms with E-state index in [0.29, 0.717) is 13.1 Å². The molecule has 0 radical (unpaired) electrons. The van der Waals surface area contributed by atoms with Crippen LogP contribution in [0, 0.1) is 11.7 Å². The summed E-state index contributed by atoms with van der Waals surface area (Å²) in [4.78, 5) is 28.8. The zero-order chi connectivity index (χ0) is 19.6. The van der Waals surface area contributed by atoms with Crippen molar-refractivity contribution in [1.82, 2.24) is 9.80 Å².